The lowest BCUT2D eigenvalue weighted by molar-refractivity contribution is -0.173. The smallest absolute Gasteiger partial charge is 0.321 e. The fraction of sp³-hybridized carbons (Fsp3) is 0.592. The largest absolute Gasteiger partial charge is 0.480 e. The summed E-state index contributed by atoms with van der Waals surface area (Å²) in [6.07, 6.45) is -1.97. The average Bonchev–Trinajstić information content (AvgIpc) is 3.68. The van der Waals surface area contributed by atoms with Gasteiger partial charge in [-0.15, -0.1) is 11.8 Å². The fourth-order valence-corrected chi connectivity index (χ4v) is 9.18. The molecule has 1 aliphatic heterocycles. The van der Waals surface area contributed by atoms with Crippen molar-refractivity contribution >= 4 is 82.0 Å². The van der Waals surface area contributed by atoms with Gasteiger partial charge in [0.2, 0.25) is 29.5 Å². The van der Waals surface area contributed by atoms with E-state index in [9.17, 15) is 58.2 Å². The monoisotopic (exact) mass is 1080 g/mol. The lowest BCUT2D eigenvalue weighted by atomic mass is 9.91. The summed E-state index contributed by atoms with van der Waals surface area (Å²) in [7, 11) is 1.37. The number of benzene rings is 1. The van der Waals surface area contributed by atoms with Gasteiger partial charge >= 0.3 is 29.8 Å². The zero-order chi connectivity index (χ0) is 56.3. The Kier molecular flexibility index (Phi) is 24.6. The summed E-state index contributed by atoms with van der Waals surface area (Å²) < 4.78 is 21.5. The second-order valence-corrected chi connectivity index (χ2v) is 19.3. The predicted octanol–water partition coefficient (Wildman–Crippen LogP) is -0.435. The van der Waals surface area contributed by atoms with Gasteiger partial charge in [0, 0.05) is 68.9 Å². The number of aliphatic hydroxyl groups excluding tert-OH is 1. The number of thioether (sulfide) groups is 1. The first-order valence-electron chi connectivity index (χ1n) is 24.4. The summed E-state index contributed by atoms with van der Waals surface area (Å²) in [6, 6.07) is -1.13. The van der Waals surface area contributed by atoms with Gasteiger partial charge in [0.15, 0.2) is 5.72 Å². The number of nitrogens with two attached hydrogens (primary N) is 1. The number of fused-ring (bicyclic) bond motifs is 3. The maximum atomic E-state index is 14.4. The number of carboxylic acid groups (broad SMARTS) is 1. The van der Waals surface area contributed by atoms with Crippen molar-refractivity contribution in [1.29, 1.82) is 0 Å². The van der Waals surface area contributed by atoms with E-state index in [0.29, 0.717) is 27.9 Å². The molecule has 25 nitrogen and oxygen atoms in total. The van der Waals surface area contributed by atoms with Crippen LogP contribution in [0.3, 0.4) is 0 Å². The number of hydrogen-bond acceptors (Lipinski definition) is 19. The molecule has 1 aromatic carbocycles. The topological polar surface area (TPSA) is 365 Å². The second kappa shape index (κ2) is 29.5. The van der Waals surface area contributed by atoms with E-state index in [1.807, 2.05) is 13.8 Å². The predicted molar refractivity (Wildman–Crippen MR) is 272 cm³/mol. The maximum absolute atomic E-state index is 14.4. The van der Waals surface area contributed by atoms with Crippen LogP contribution in [0.4, 0.5) is 0 Å². The van der Waals surface area contributed by atoms with Crippen molar-refractivity contribution < 1.29 is 77.1 Å². The lowest BCUT2D eigenvalue weighted by Gasteiger charge is -2.39. The van der Waals surface area contributed by atoms with Crippen LogP contribution >= 0.6 is 11.8 Å². The van der Waals surface area contributed by atoms with E-state index in [1.165, 1.54) is 27.0 Å². The molecule has 0 saturated carbocycles. The number of nitrogens with one attached hydrogen (secondary N) is 7. The fourth-order valence-electron chi connectivity index (χ4n) is 8.06. The Morgan fingerprint density at radius 2 is 1.67 bits per heavy atom. The van der Waals surface area contributed by atoms with Crippen LogP contribution in [0.2, 0.25) is 0 Å². The maximum Gasteiger partial charge on any atom is 0.321 e. The number of ether oxygens (including phenoxy) is 4. The quantitative estimate of drug-likeness (QED) is 0.0309. The van der Waals surface area contributed by atoms with E-state index in [1.54, 1.807) is 25.1 Å². The molecule has 0 radical (unpaired) electrons. The zero-order valence-electron chi connectivity index (χ0n) is 43.8. The van der Waals surface area contributed by atoms with E-state index in [0.717, 1.165) is 37.4 Å². The molecule has 0 fully saturated rings. The standard InChI is InChI=1S/C49H73N9O16S/c1-11-16-71-41(65)19-36(47(68)58(10)22-26(5)59)54-45(67)37-24-75-46-33(18-34(50)44(66)52-21-40(64)56-43(25(4)12-2)51-20-39(63)53-37)32-15-14-31(17-35(32)55-46)49(13-3,74-30(9)62)57-42(48(69)70)27(6)38(73-29(8)61)23-72-28(7)60/h11,14-15,17,25-27,34,36-38,42-43,51,55,57,59H,1,12-13,16,18-24,50H2,2-10H3,(H,52,66)(H,53,63)(H,54,67)(H,56,64)(H,69,70)/t25-,26+,27-,34-,36-,37-,38-,42-,43-,49?/m0/s1. The van der Waals surface area contributed by atoms with Crippen molar-refractivity contribution in [1.82, 2.24) is 41.8 Å². The number of nitrogens with zero attached hydrogens (tertiary/aromatic N) is 1. The first-order chi connectivity index (χ1) is 35.2. The van der Waals surface area contributed by atoms with Crippen molar-refractivity contribution in [3.05, 3.63) is 42.0 Å². The number of aromatic nitrogens is 1. The molecular formula is C49H73N9O16S. The molecule has 0 aliphatic carbocycles. The highest BCUT2D eigenvalue weighted by atomic mass is 32.2. The zero-order valence-corrected chi connectivity index (χ0v) is 44.6. The Bertz CT molecular complexity index is 2400. The molecule has 1 unspecified atom stereocenters. The number of aromatic amines is 1. The van der Waals surface area contributed by atoms with Crippen molar-refractivity contribution in [2.75, 3.05) is 45.6 Å². The summed E-state index contributed by atoms with van der Waals surface area (Å²) in [5.74, 6) is -9.80. The Morgan fingerprint density at radius 1 is 0.987 bits per heavy atom. The van der Waals surface area contributed by atoms with E-state index in [4.69, 9.17) is 24.7 Å². The van der Waals surface area contributed by atoms with Crippen LogP contribution in [0.25, 0.3) is 10.9 Å². The van der Waals surface area contributed by atoms with Crippen molar-refractivity contribution in [3.8, 4) is 0 Å². The SMILES string of the molecule is C=CCOC(=O)C[C@H](NC(=O)[C@@H]1CSc2[nH]c3cc(C(CC)(N[C@H](C(=O)O)[C@@H](C)[C@H](COC(C)=O)OC(C)=O)OC(C)=O)ccc3c2C[C@H](N)C(=O)NCC(=O)N[C@@H]([C@@H](C)CC)NCC(=O)N1)C(=O)N(C)C[C@@H](C)O. The molecule has 0 saturated heterocycles. The average molecular weight is 1080 g/mol. The molecule has 0 spiro atoms. The molecule has 11 N–H and O–H groups in total. The van der Waals surface area contributed by atoms with Crippen LogP contribution in [-0.2, 0) is 79.0 Å². The molecule has 1 aromatic heterocycles. The van der Waals surface area contributed by atoms with Gasteiger partial charge in [-0.1, -0.05) is 58.9 Å². The molecule has 416 valence electrons. The van der Waals surface area contributed by atoms with Gasteiger partial charge in [-0.2, -0.15) is 0 Å². The van der Waals surface area contributed by atoms with Gasteiger partial charge in [-0.3, -0.25) is 58.6 Å². The van der Waals surface area contributed by atoms with E-state index in [2.05, 4.69) is 43.5 Å². The number of aliphatic hydroxyl groups is 1. The van der Waals surface area contributed by atoms with Gasteiger partial charge in [-0.05, 0) is 30.9 Å². The highest BCUT2D eigenvalue weighted by Gasteiger charge is 2.43. The third kappa shape index (κ3) is 18.9. The van der Waals surface area contributed by atoms with Crippen molar-refractivity contribution in [3.63, 3.8) is 0 Å². The van der Waals surface area contributed by atoms with Crippen LogP contribution < -0.4 is 37.6 Å². The van der Waals surface area contributed by atoms with Gasteiger partial charge in [-0.25, -0.2) is 0 Å². The van der Waals surface area contributed by atoms with E-state index < -0.39 is 140 Å². The molecule has 2 aromatic rings. The number of amides is 5. The highest BCUT2D eigenvalue weighted by Crippen LogP contribution is 2.36. The third-order valence-electron chi connectivity index (χ3n) is 12.2. The highest BCUT2D eigenvalue weighted by molar-refractivity contribution is 7.99. The Hall–Kier alpha value is -6.61. The lowest BCUT2D eigenvalue weighted by Crippen LogP contribution is -2.58. The van der Waals surface area contributed by atoms with Crippen molar-refractivity contribution in [2.45, 2.75) is 134 Å². The van der Waals surface area contributed by atoms with Crippen LogP contribution in [0.15, 0.2) is 35.9 Å². The molecule has 5 amide bonds. The first kappa shape index (κ1) is 62.7. The van der Waals surface area contributed by atoms with Crippen LogP contribution in [0.1, 0.15) is 85.8 Å². The number of rotatable bonds is 22. The van der Waals surface area contributed by atoms with Crippen LogP contribution in [-0.4, -0.2) is 168 Å². The van der Waals surface area contributed by atoms with E-state index in [-0.39, 0.29) is 43.2 Å². The number of hydrogen-bond donors (Lipinski definition) is 10. The number of carbonyl (C=O) groups is 10. The molecule has 1 aliphatic rings. The first-order valence-corrected chi connectivity index (χ1v) is 25.4. The molecule has 2 heterocycles. The Labute approximate surface area is 439 Å². The minimum Gasteiger partial charge on any atom is -0.480 e. The Morgan fingerprint density at radius 3 is 2.25 bits per heavy atom. The van der Waals surface area contributed by atoms with Gasteiger partial charge < -0.3 is 66.0 Å². The molecular weight excluding hydrogens is 1000 g/mol. The minimum atomic E-state index is -1.88. The van der Waals surface area contributed by atoms with Crippen LogP contribution in [0, 0.1) is 11.8 Å². The summed E-state index contributed by atoms with van der Waals surface area (Å²) in [6.45, 7) is 13.4. The molecule has 26 heteroatoms. The minimum absolute atomic E-state index is 0.0711. The number of H-pyrrole nitrogens is 1. The van der Waals surface area contributed by atoms with Gasteiger partial charge in [0.25, 0.3) is 0 Å². The number of carboxylic acids is 1. The van der Waals surface area contributed by atoms with E-state index >= 15 is 0 Å². The number of esters is 4. The molecule has 75 heavy (non-hydrogen) atoms. The molecule has 10 atom stereocenters. The van der Waals surface area contributed by atoms with Gasteiger partial charge in [0.1, 0.15) is 37.4 Å². The number of carbonyl (C=O) groups excluding carboxylic acids is 9. The number of likely N-dealkylation sites (N-methyl/N-ethyl adjacent to an activating group) is 1. The molecule has 0 bridgehead atoms. The second-order valence-electron chi connectivity index (χ2n) is 18.3. The summed E-state index contributed by atoms with van der Waals surface area (Å²) in [4.78, 5) is 136. The normalized spacial score (nSPS) is 20.0. The summed E-state index contributed by atoms with van der Waals surface area (Å²) in [5, 5.41) is 38.0. The number of aliphatic carboxylic acids is 1. The van der Waals surface area contributed by atoms with Gasteiger partial charge in [0.05, 0.1) is 42.8 Å². The van der Waals surface area contributed by atoms with Crippen molar-refractivity contribution in [2.24, 2.45) is 17.6 Å². The molecule has 3 rings (SSSR count). The third-order valence-corrected chi connectivity index (χ3v) is 13.3. The van der Waals surface area contributed by atoms with Crippen LogP contribution in [0.5, 0.6) is 0 Å². The summed E-state index contributed by atoms with van der Waals surface area (Å²) >= 11 is 1.01. The Balaban J connectivity index is 2.25. The summed E-state index contributed by atoms with van der Waals surface area (Å²) in [5.41, 5.74) is 5.62.